The van der Waals surface area contributed by atoms with Crippen LogP contribution in [0.4, 0.5) is 0 Å². The fourth-order valence-electron chi connectivity index (χ4n) is 1.54. The van der Waals surface area contributed by atoms with Gasteiger partial charge in [0, 0.05) is 12.1 Å². The average Bonchev–Trinajstić information content (AvgIpc) is 2.34. The Morgan fingerprint density at radius 1 is 1.06 bits per heavy atom. The highest BCUT2D eigenvalue weighted by molar-refractivity contribution is 6.06. The van der Waals surface area contributed by atoms with Crippen LogP contribution in [-0.4, -0.2) is 37.8 Å². The molecule has 0 aliphatic heterocycles. The summed E-state index contributed by atoms with van der Waals surface area (Å²) < 4.78 is 15.4. The zero-order chi connectivity index (χ0) is 13.9. The van der Waals surface area contributed by atoms with Gasteiger partial charge in [0.1, 0.15) is 28.4 Å². The molecule has 5 heteroatoms. The largest absolute Gasteiger partial charge is 0.496 e. The lowest BCUT2D eigenvalue weighted by atomic mass is 9.95. The third-order valence-corrected chi connectivity index (χ3v) is 2.50. The summed E-state index contributed by atoms with van der Waals surface area (Å²) in [5, 5.41) is 9.81. The van der Waals surface area contributed by atoms with E-state index in [1.807, 2.05) is 0 Å². The van der Waals surface area contributed by atoms with Crippen molar-refractivity contribution in [1.82, 2.24) is 0 Å². The topological polar surface area (TPSA) is 65.0 Å². The molecule has 1 aromatic rings. The van der Waals surface area contributed by atoms with E-state index in [1.54, 1.807) is 12.1 Å². The third-order valence-electron chi connectivity index (χ3n) is 2.50. The number of carbonyl (C=O) groups excluding carboxylic acids is 1. The minimum Gasteiger partial charge on any atom is -0.496 e. The van der Waals surface area contributed by atoms with Crippen molar-refractivity contribution < 1.29 is 24.1 Å². The number of hydrogen-bond donors (Lipinski definition) is 1. The first kappa shape index (κ1) is 14.3. The van der Waals surface area contributed by atoms with Crippen molar-refractivity contribution in [3.63, 3.8) is 0 Å². The van der Waals surface area contributed by atoms with Crippen LogP contribution in [-0.2, 0) is 0 Å². The van der Waals surface area contributed by atoms with Crippen LogP contribution in [0.5, 0.6) is 17.2 Å². The first-order valence-electron chi connectivity index (χ1n) is 5.42. The van der Waals surface area contributed by atoms with Gasteiger partial charge in [0.2, 0.25) is 5.78 Å². The molecule has 0 unspecified atom stereocenters. The van der Waals surface area contributed by atoms with Gasteiger partial charge in [-0.3, -0.25) is 4.79 Å². The Morgan fingerprint density at radius 3 is 1.78 bits per heavy atom. The molecule has 0 radical (unpaired) electrons. The maximum absolute atomic E-state index is 12.2. The Labute approximate surface area is 106 Å². The Hall–Kier alpha value is -1.75. The third kappa shape index (κ3) is 2.73. The zero-order valence-corrected chi connectivity index (χ0v) is 11.2. The van der Waals surface area contributed by atoms with Gasteiger partial charge in [0.05, 0.1) is 21.3 Å². The van der Waals surface area contributed by atoms with Crippen molar-refractivity contribution >= 4 is 5.78 Å². The van der Waals surface area contributed by atoms with Gasteiger partial charge >= 0.3 is 0 Å². The molecule has 1 rings (SSSR count). The van der Waals surface area contributed by atoms with E-state index in [9.17, 15) is 9.90 Å². The molecule has 0 fully saturated rings. The van der Waals surface area contributed by atoms with Gasteiger partial charge in [-0.2, -0.15) is 0 Å². The summed E-state index contributed by atoms with van der Waals surface area (Å²) in [4.78, 5) is 12.2. The molecule has 1 aromatic carbocycles. The van der Waals surface area contributed by atoms with Gasteiger partial charge in [-0.25, -0.2) is 0 Å². The van der Waals surface area contributed by atoms with E-state index < -0.39 is 11.4 Å². The average molecular weight is 254 g/mol. The molecule has 5 nitrogen and oxygen atoms in total. The SMILES string of the molecule is COc1cc(OC)c(C(=O)C(C)(C)O)c(OC)c1. The summed E-state index contributed by atoms with van der Waals surface area (Å²) in [6.07, 6.45) is 0. The minimum atomic E-state index is -1.50. The molecule has 0 spiro atoms. The normalized spacial score (nSPS) is 11.0. The maximum Gasteiger partial charge on any atom is 0.201 e. The van der Waals surface area contributed by atoms with Crippen LogP contribution in [0.1, 0.15) is 24.2 Å². The van der Waals surface area contributed by atoms with Crippen molar-refractivity contribution in [2.75, 3.05) is 21.3 Å². The van der Waals surface area contributed by atoms with Crippen LogP contribution in [0, 0.1) is 0 Å². The van der Waals surface area contributed by atoms with E-state index in [0.717, 1.165) is 0 Å². The van der Waals surface area contributed by atoms with Crippen LogP contribution in [0.25, 0.3) is 0 Å². The lowest BCUT2D eigenvalue weighted by Crippen LogP contribution is -2.31. The van der Waals surface area contributed by atoms with Gasteiger partial charge in [0.15, 0.2) is 0 Å². The Morgan fingerprint density at radius 2 is 1.50 bits per heavy atom. The number of rotatable bonds is 5. The monoisotopic (exact) mass is 254 g/mol. The maximum atomic E-state index is 12.2. The van der Waals surface area contributed by atoms with Gasteiger partial charge in [-0.1, -0.05) is 0 Å². The summed E-state index contributed by atoms with van der Waals surface area (Å²) in [6.45, 7) is 2.83. The van der Waals surface area contributed by atoms with Gasteiger partial charge < -0.3 is 19.3 Å². The van der Waals surface area contributed by atoms with Crippen LogP contribution >= 0.6 is 0 Å². The molecule has 18 heavy (non-hydrogen) atoms. The van der Waals surface area contributed by atoms with E-state index in [4.69, 9.17) is 14.2 Å². The molecule has 0 bridgehead atoms. The van der Waals surface area contributed by atoms with E-state index in [0.29, 0.717) is 17.2 Å². The number of aliphatic hydroxyl groups is 1. The standard InChI is InChI=1S/C13H18O5/c1-13(2,15)12(14)11-9(17-4)6-8(16-3)7-10(11)18-5/h6-7,15H,1-5H3. The van der Waals surface area contributed by atoms with Crippen LogP contribution in [0.2, 0.25) is 0 Å². The highest BCUT2D eigenvalue weighted by Crippen LogP contribution is 2.36. The molecular formula is C13H18O5. The van der Waals surface area contributed by atoms with E-state index in [1.165, 1.54) is 35.2 Å². The Balaban J connectivity index is 3.45. The minimum absolute atomic E-state index is 0.202. The first-order valence-corrected chi connectivity index (χ1v) is 5.42. The molecule has 0 heterocycles. The van der Waals surface area contributed by atoms with Crippen molar-refractivity contribution in [2.45, 2.75) is 19.4 Å². The molecule has 0 saturated carbocycles. The van der Waals surface area contributed by atoms with Crippen LogP contribution in [0.3, 0.4) is 0 Å². The molecule has 0 amide bonds. The highest BCUT2D eigenvalue weighted by Gasteiger charge is 2.31. The van der Waals surface area contributed by atoms with Gasteiger partial charge in [0.25, 0.3) is 0 Å². The summed E-state index contributed by atoms with van der Waals surface area (Å²) in [5.74, 6) is 0.645. The number of Topliss-reactive ketones (excluding diaryl/α,β-unsaturated/α-hetero) is 1. The lowest BCUT2D eigenvalue weighted by Gasteiger charge is -2.20. The van der Waals surface area contributed by atoms with Crippen molar-refractivity contribution in [3.05, 3.63) is 17.7 Å². The van der Waals surface area contributed by atoms with Crippen molar-refractivity contribution in [2.24, 2.45) is 0 Å². The first-order chi connectivity index (χ1) is 8.35. The number of hydrogen-bond acceptors (Lipinski definition) is 5. The second kappa shape index (κ2) is 5.27. The summed E-state index contributed by atoms with van der Waals surface area (Å²) in [5.41, 5.74) is -1.30. The predicted molar refractivity (Wildman–Crippen MR) is 66.7 cm³/mol. The molecule has 1 N–H and O–H groups in total. The number of carbonyl (C=O) groups is 1. The molecule has 0 aliphatic carbocycles. The number of ether oxygens (including phenoxy) is 3. The van der Waals surface area contributed by atoms with Crippen LogP contribution < -0.4 is 14.2 Å². The quantitative estimate of drug-likeness (QED) is 0.810. The lowest BCUT2D eigenvalue weighted by molar-refractivity contribution is 0.0481. The number of methoxy groups -OCH3 is 3. The summed E-state index contributed by atoms with van der Waals surface area (Å²) in [6, 6.07) is 3.14. The number of ketones is 1. The van der Waals surface area contributed by atoms with E-state index >= 15 is 0 Å². The second-order valence-electron chi connectivity index (χ2n) is 4.30. The van der Waals surface area contributed by atoms with E-state index in [2.05, 4.69) is 0 Å². The summed E-state index contributed by atoms with van der Waals surface area (Å²) in [7, 11) is 4.39. The second-order valence-corrected chi connectivity index (χ2v) is 4.30. The molecule has 100 valence electrons. The van der Waals surface area contributed by atoms with Crippen molar-refractivity contribution in [3.8, 4) is 17.2 Å². The molecule has 0 aromatic heterocycles. The van der Waals surface area contributed by atoms with E-state index in [-0.39, 0.29) is 5.56 Å². The highest BCUT2D eigenvalue weighted by atomic mass is 16.5. The zero-order valence-electron chi connectivity index (χ0n) is 11.2. The van der Waals surface area contributed by atoms with Gasteiger partial charge in [-0.05, 0) is 13.8 Å². The molecular weight excluding hydrogens is 236 g/mol. The molecule has 0 saturated heterocycles. The fourth-order valence-corrected chi connectivity index (χ4v) is 1.54. The van der Waals surface area contributed by atoms with Crippen molar-refractivity contribution in [1.29, 1.82) is 0 Å². The molecule has 0 atom stereocenters. The number of benzene rings is 1. The summed E-state index contributed by atoms with van der Waals surface area (Å²) >= 11 is 0. The van der Waals surface area contributed by atoms with Crippen LogP contribution in [0.15, 0.2) is 12.1 Å². The Bertz CT molecular complexity index is 420. The predicted octanol–water partition coefficient (Wildman–Crippen LogP) is 1.67. The fraction of sp³-hybridized carbons (Fsp3) is 0.462. The Kier molecular flexibility index (Phi) is 4.19. The molecule has 0 aliphatic rings. The smallest absolute Gasteiger partial charge is 0.201 e. The van der Waals surface area contributed by atoms with Gasteiger partial charge in [-0.15, -0.1) is 0 Å².